The number of hydrogen-bond acceptors (Lipinski definition) is 0. The SMILES string of the molecule is [2H]C(C)(F)CCCC. The summed E-state index contributed by atoms with van der Waals surface area (Å²) in [6, 6.07) is 0. The molecule has 0 aliphatic rings. The van der Waals surface area contributed by atoms with Gasteiger partial charge in [-0.3, -0.25) is 0 Å². The molecule has 0 fully saturated rings. The highest BCUT2D eigenvalue weighted by Crippen LogP contribution is 2.01. The number of alkyl halides is 1. The topological polar surface area (TPSA) is 0 Å². The molecule has 1 unspecified atom stereocenters. The van der Waals surface area contributed by atoms with E-state index < -0.39 is 6.15 Å². The second-order valence-electron chi connectivity index (χ2n) is 1.78. The summed E-state index contributed by atoms with van der Waals surface area (Å²) < 4.78 is 19.0. The Morgan fingerprint density at radius 1 is 1.86 bits per heavy atom. The van der Waals surface area contributed by atoms with Crippen molar-refractivity contribution in [1.29, 1.82) is 0 Å². The van der Waals surface area contributed by atoms with E-state index in [1.165, 1.54) is 6.92 Å². The van der Waals surface area contributed by atoms with E-state index in [1.807, 2.05) is 6.92 Å². The van der Waals surface area contributed by atoms with Crippen LogP contribution < -0.4 is 0 Å². The molecule has 44 valence electrons. The fraction of sp³-hybridized carbons (Fsp3) is 1.00. The van der Waals surface area contributed by atoms with Crippen molar-refractivity contribution in [3.63, 3.8) is 0 Å². The molecule has 0 aromatic heterocycles. The molecule has 0 aromatic rings. The lowest BCUT2D eigenvalue weighted by Gasteiger charge is -1.95. The van der Waals surface area contributed by atoms with Gasteiger partial charge in [-0.25, -0.2) is 4.39 Å². The van der Waals surface area contributed by atoms with Gasteiger partial charge in [0.2, 0.25) is 0 Å². The van der Waals surface area contributed by atoms with E-state index in [9.17, 15) is 4.39 Å². The summed E-state index contributed by atoms with van der Waals surface area (Å²) in [4.78, 5) is 0. The van der Waals surface area contributed by atoms with Crippen molar-refractivity contribution in [2.75, 3.05) is 0 Å². The van der Waals surface area contributed by atoms with E-state index in [4.69, 9.17) is 1.37 Å². The standard InChI is InChI=1S/C6H13F/c1-3-4-5-6(2)7/h6H,3-5H2,1-2H3/i6D. The Morgan fingerprint density at radius 3 is 2.57 bits per heavy atom. The third-order valence-corrected chi connectivity index (χ3v) is 0.875. The van der Waals surface area contributed by atoms with Gasteiger partial charge in [0, 0.05) is 0 Å². The normalized spacial score (nSPS) is 20.7. The highest BCUT2D eigenvalue weighted by Gasteiger charge is 1.93. The molecule has 0 amide bonds. The van der Waals surface area contributed by atoms with E-state index in [0.29, 0.717) is 6.42 Å². The van der Waals surface area contributed by atoms with Gasteiger partial charge in [0.15, 0.2) is 0 Å². The Hall–Kier alpha value is -0.0700. The molecule has 0 N–H and O–H groups in total. The van der Waals surface area contributed by atoms with Crippen molar-refractivity contribution in [2.45, 2.75) is 39.3 Å². The smallest absolute Gasteiger partial charge is 0.0973 e. The van der Waals surface area contributed by atoms with Crippen molar-refractivity contribution in [1.82, 2.24) is 0 Å². The van der Waals surface area contributed by atoms with Crippen LogP contribution >= 0.6 is 0 Å². The van der Waals surface area contributed by atoms with E-state index in [0.717, 1.165) is 12.8 Å². The van der Waals surface area contributed by atoms with Crippen LogP contribution in [0.4, 0.5) is 4.39 Å². The van der Waals surface area contributed by atoms with E-state index in [1.54, 1.807) is 0 Å². The second-order valence-corrected chi connectivity index (χ2v) is 1.78. The minimum Gasteiger partial charge on any atom is -0.248 e. The third kappa shape index (κ3) is 5.93. The van der Waals surface area contributed by atoms with Crippen LogP contribution in [0, 0.1) is 0 Å². The number of unbranched alkanes of at least 4 members (excludes halogenated alkanes) is 1. The average molecular weight is 105 g/mol. The highest BCUT2D eigenvalue weighted by molar-refractivity contribution is 4.44. The molecule has 0 aliphatic heterocycles. The van der Waals surface area contributed by atoms with E-state index in [2.05, 4.69) is 0 Å². The summed E-state index contributed by atoms with van der Waals surface area (Å²) in [6.45, 7) is 3.29. The van der Waals surface area contributed by atoms with Crippen molar-refractivity contribution in [2.24, 2.45) is 0 Å². The Kier molecular flexibility index (Phi) is 2.97. The molecule has 0 bridgehead atoms. The average Bonchev–Trinajstić information content (AvgIpc) is 1.59. The van der Waals surface area contributed by atoms with Crippen LogP contribution in [0.2, 0.25) is 0 Å². The van der Waals surface area contributed by atoms with E-state index >= 15 is 0 Å². The van der Waals surface area contributed by atoms with Crippen LogP contribution in [-0.2, 0) is 0 Å². The quantitative estimate of drug-likeness (QED) is 0.517. The first-order valence-electron chi connectivity index (χ1n) is 3.25. The Morgan fingerprint density at radius 2 is 2.43 bits per heavy atom. The molecule has 0 rings (SSSR count). The van der Waals surface area contributed by atoms with Gasteiger partial charge in [-0.05, 0) is 13.3 Å². The Bertz CT molecular complexity index is 56.0. The Labute approximate surface area is 46.1 Å². The van der Waals surface area contributed by atoms with Crippen molar-refractivity contribution in [3.8, 4) is 0 Å². The fourth-order valence-corrected chi connectivity index (χ4v) is 0.420. The minimum atomic E-state index is -1.70. The first kappa shape index (κ1) is 5.07. The van der Waals surface area contributed by atoms with Crippen molar-refractivity contribution >= 4 is 0 Å². The predicted molar refractivity (Wildman–Crippen MR) is 30.1 cm³/mol. The molecule has 0 radical (unpaired) electrons. The van der Waals surface area contributed by atoms with Gasteiger partial charge in [-0.2, -0.15) is 0 Å². The summed E-state index contributed by atoms with van der Waals surface area (Å²) in [5.74, 6) is 0. The van der Waals surface area contributed by atoms with Crippen LogP contribution in [-0.4, -0.2) is 6.15 Å². The first-order valence-corrected chi connectivity index (χ1v) is 2.75. The molecule has 1 heteroatoms. The van der Waals surface area contributed by atoms with Gasteiger partial charge in [0.25, 0.3) is 0 Å². The summed E-state index contributed by atoms with van der Waals surface area (Å²) in [7, 11) is 0. The zero-order chi connectivity index (χ0) is 6.62. The van der Waals surface area contributed by atoms with Gasteiger partial charge in [-0.1, -0.05) is 19.8 Å². The van der Waals surface area contributed by atoms with Gasteiger partial charge >= 0.3 is 0 Å². The zero-order valence-corrected chi connectivity index (χ0v) is 5.00. The predicted octanol–water partition coefficient (Wildman–Crippen LogP) is 2.53. The largest absolute Gasteiger partial charge is 0.248 e. The summed E-state index contributed by atoms with van der Waals surface area (Å²) >= 11 is 0. The lowest BCUT2D eigenvalue weighted by Crippen LogP contribution is -1.89. The maximum atomic E-state index is 12.2. The number of hydrogen-bond donors (Lipinski definition) is 0. The summed E-state index contributed by atoms with van der Waals surface area (Å²) in [5.41, 5.74) is 0. The van der Waals surface area contributed by atoms with Crippen molar-refractivity contribution < 1.29 is 5.76 Å². The molecule has 0 saturated heterocycles. The lowest BCUT2D eigenvalue weighted by molar-refractivity contribution is 0.333. The Balaban J connectivity index is 3.11. The lowest BCUT2D eigenvalue weighted by atomic mass is 10.2. The third-order valence-electron chi connectivity index (χ3n) is 0.875. The molecule has 0 nitrogen and oxygen atoms in total. The molecule has 7 heavy (non-hydrogen) atoms. The van der Waals surface area contributed by atoms with E-state index in [-0.39, 0.29) is 0 Å². The monoisotopic (exact) mass is 105 g/mol. The maximum absolute atomic E-state index is 12.2. The van der Waals surface area contributed by atoms with Gasteiger partial charge in [0.05, 0.1) is 7.52 Å². The number of rotatable bonds is 3. The molecular weight excluding hydrogens is 91.1 g/mol. The van der Waals surface area contributed by atoms with Gasteiger partial charge in [0.1, 0.15) is 0 Å². The second kappa shape index (κ2) is 4.10. The molecular formula is C6H13F. The van der Waals surface area contributed by atoms with Gasteiger partial charge < -0.3 is 0 Å². The molecule has 0 saturated carbocycles. The van der Waals surface area contributed by atoms with Crippen LogP contribution in [0.15, 0.2) is 0 Å². The molecule has 0 heterocycles. The minimum absolute atomic E-state index is 0.365. The van der Waals surface area contributed by atoms with Crippen LogP contribution in [0.1, 0.15) is 34.5 Å². The maximum Gasteiger partial charge on any atom is 0.0973 e. The number of halogens is 1. The highest BCUT2D eigenvalue weighted by atomic mass is 19.1. The molecule has 1 atom stereocenters. The molecule has 0 aromatic carbocycles. The van der Waals surface area contributed by atoms with Crippen LogP contribution in [0.3, 0.4) is 0 Å². The van der Waals surface area contributed by atoms with Crippen LogP contribution in [0.25, 0.3) is 0 Å². The van der Waals surface area contributed by atoms with Crippen molar-refractivity contribution in [3.05, 3.63) is 0 Å². The van der Waals surface area contributed by atoms with Gasteiger partial charge in [-0.15, -0.1) is 0 Å². The zero-order valence-electron chi connectivity index (χ0n) is 6.00. The fourth-order valence-electron chi connectivity index (χ4n) is 0.420. The molecule has 0 spiro atoms. The van der Waals surface area contributed by atoms with Crippen LogP contribution in [0.5, 0.6) is 0 Å². The summed E-state index contributed by atoms with van der Waals surface area (Å²) in [6.07, 6.45) is 0.453. The summed E-state index contributed by atoms with van der Waals surface area (Å²) in [5, 5.41) is 0. The first-order chi connectivity index (χ1) is 3.56. The molecule has 0 aliphatic carbocycles.